The third-order valence-corrected chi connectivity index (χ3v) is 3.22. The van der Waals surface area contributed by atoms with Gasteiger partial charge in [0.2, 0.25) is 0 Å². The monoisotopic (exact) mass is 334 g/mol. The van der Waals surface area contributed by atoms with Crippen LogP contribution in [0.5, 0.6) is 0 Å². The molecule has 8 nitrogen and oxygen atoms in total. The van der Waals surface area contributed by atoms with Gasteiger partial charge in [-0.2, -0.15) is 0 Å². The van der Waals surface area contributed by atoms with Crippen LogP contribution in [0.3, 0.4) is 0 Å². The van der Waals surface area contributed by atoms with Crippen molar-refractivity contribution in [2.45, 2.75) is 31.3 Å². The smallest absolute Gasteiger partial charge is 0.323 e. The second kappa shape index (κ2) is 8.80. The van der Waals surface area contributed by atoms with Gasteiger partial charge in [0.15, 0.2) is 0 Å². The highest BCUT2D eigenvalue weighted by molar-refractivity contribution is 5.78. The number of nitrogens with one attached hydrogen (secondary N) is 1. The highest BCUT2D eigenvalue weighted by Gasteiger charge is 2.28. The molecule has 0 aliphatic heterocycles. The van der Waals surface area contributed by atoms with E-state index in [1.807, 2.05) is 30.3 Å². The number of aromatic amines is 1. The standard InChI is InChI=1S/C9H11NO2.C7H11N3O2/c10-8(9(11)12)6-7-4-2-1-3-5-7;1-7(8,6(11)12)2-5-3-9-4-10-5/h1-5,8H,6,10H2,(H,11,12);3-4H,2,8H2,1H3,(H,9,10)(H,11,12)/t8-;7-/m00/s1. The van der Waals surface area contributed by atoms with E-state index in [0.29, 0.717) is 6.42 Å². The maximum atomic E-state index is 10.6. The Morgan fingerprint density at radius 2 is 1.92 bits per heavy atom. The van der Waals surface area contributed by atoms with Gasteiger partial charge in [-0.25, -0.2) is 4.98 Å². The number of nitrogens with zero attached hydrogens (tertiary/aromatic N) is 1. The number of carboxylic acids is 2. The third-order valence-electron chi connectivity index (χ3n) is 3.22. The molecule has 7 N–H and O–H groups in total. The summed E-state index contributed by atoms with van der Waals surface area (Å²) in [5.41, 5.74) is 11.3. The lowest BCUT2D eigenvalue weighted by Crippen LogP contribution is -2.46. The highest BCUT2D eigenvalue weighted by atomic mass is 16.4. The van der Waals surface area contributed by atoms with Crippen molar-refractivity contribution in [2.24, 2.45) is 11.5 Å². The molecule has 2 rings (SSSR count). The summed E-state index contributed by atoms with van der Waals surface area (Å²) in [6.07, 6.45) is 3.69. The summed E-state index contributed by atoms with van der Waals surface area (Å²) in [4.78, 5) is 27.5. The number of imidazole rings is 1. The quantitative estimate of drug-likeness (QED) is 0.512. The molecule has 0 aliphatic carbocycles. The highest BCUT2D eigenvalue weighted by Crippen LogP contribution is 2.07. The van der Waals surface area contributed by atoms with Crippen LogP contribution in [0, 0.1) is 0 Å². The number of hydrogen-bond donors (Lipinski definition) is 5. The predicted molar refractivity (Wildman–Crippen MR) is 88.3 cm³/mol. The fourth-order valence-corrected chi connectivity index (χ4v) is 1.81. The second-order valence-corrected chi connectivity index (χ2v) is 5.61. The molecule has 0 aliphatic rings. The summed E-state index contributed by atoms with van der Waals surface area (Å²) in [7, 11) is 0. The molecule has 8 heteroatoms. The van der Waals surface area contributed by atoms with Gasteiger partial charge in [-0.05, 0) is 18.9 Å². The molecule has 0 spiro atoms. The average Bonchev–Trinajstić information content (AvgIpc) is 3.01. The van der Waals surface area contributed by atoms with Gasteiger partial charge in [0.05, 0.1) is 6.33 Å². The van der Waals surface area contributed by atoms with Crippen molar-refractivity contribution >= 4 is 11.9 Å². The Morgan fingerprint density at radius 3 is 2.38 bits per heavy atom. The van der Waals surface area contributed by atoms with E-state index in [1.54, 1.807) is 6.20 Å². The number of aliphatic carboxylic acids is 2. The van der Waals surface area contributed by atoms with Crippen molar-refractivity contribution in [1.82, 2.24) is 9.97 Å². The summed E-state index contributed by atoms with van der Waals surface area (Å²) in [5, 5.41) is 17.2. The molecular formula is C16H22N4O4. The summed E-state index contributed by atoms with van der Waals surface area (Å²) < 4.78 is 0. The van der Waals surface area contributed by atoms with Gasteiger partial charge < -0.3 is 26.7 Å². The summed E-state index contributed by atoms with van der Waals surface area (Å²) >= 11 is 0. The van der Waals surface area contributed by atoms with Crippen LogP contribution in [-0.4, -0.2) is 43.7 Å². The van der Waals surface area contributed by atoms with Crippen LogP contribution < -0.4 is 11.5 Å². The molecule has 24 heavy (non-hydrogen) atoms. The van der Waals surface area contributed by atoms with Gasteiger partial charge in [0.1, 0.15) is 11.6 Å². The molecule has 130 valence electrons. The average molecular weight is 334 g/mol. The van der Waals surface area contributed by atoms with Crippen LogP contribution in [-0.2, 0) is 22.4 Å². The Labute approximate surface area is 139 Å². The molecule has 0 saturated carbocycles. The number of H-pyrrole nitrogens is 1. The first-order chi connectivity index (χ1) is 11.2. The van der Waals surface area contributed by atoms with Crippen LogP contribution in [0.4, 0.5) is 0 Å². The van der Waals surface area contributed by atoms with E-state index < -0.39 is 23.5 Å². The van der Waals surface area contributed by atoms with E-state index in [9.17, 15) is 9.59 Å². The fourth-order valence-electron chi connectivity index (χ4n) is 1.81. The Bertz CT molecular complexity index is 641. The molecule has 0 unspecified atom stereocenters. The minimum atomic E-state index is -1.23. The molecule has 0 radical (unpaired) electrons. The maximum Gasteiger partial charge on any atom is 0.323 e. The first kappa shape index (κ1) is 19.3. The lowest BCUT2D eigenvalue weighted by molar-refractivity contribution is -0.142. The first-order valence-corrected chi connectivity index (χ1v) is 7.24. The van der Waals surface area contributed by atoms with Gasteiger partial charge in [0, 0.05) is 18.3 Å². The molecule has 2 aromatic rings. The fraction of sp³-hybridized carbons (Fsp3) is 0.312. The molecule has 0 saturated heterocycles. The number of hydrogen-bond acceptors (Lipinski definition) is 5. The lowest BCUT2D eigenvalue weighted by Gasteiger charge is -2.17. The number of aromatic nitrogens is 2. The number of nitrogens with two attached hydrogens (primary N) is 2. The van der Waals surface area contributed by atoms with Crippen molar-refractivity contribution in [3.8, 4) is 0 Å². The van der Waals surface area contributed by atoms with Crippen LogP contribution >= 0.6 is 0 Å². The topological polar surface area (TPSA) is 155 Å². The van der Waals surface area contributed by atoms with Gasteiger partial charge >= 0.3 is 11.9 Å². The molecule has 0 amide bonds. The van der Waals surface area contributed by atoms with Gasteiger partial charge in [0.25, 0.3) is 0 Å². The van der Waals surface area contributed by atoms with Crippen molar-refractivity contribution in [3.63, 3.8) is 0 Å². The minimum absolute atomic E-state index is 0.252. The normalized spacial score (nSPS) is 14.0. The van der Waals surface area contributed by atoms with Crippen LogP contribution in [0.15, 0.2) is 42.9 Å². The van der Waals surface area contributed by atoms with E-state index in [-0.39, 0.29) is 6.42 Å². The van der Waals surface area contributed by atoms with Gasteiger partial charge in [-0.15, -0.1) is 0 Å². The predicted octanol–water partition coefficient (Wildman–Crippen LogP) is 0.395. The third kappa shape index (κ3) is 6.59. The van der Waals surface area contributed by atoms with Gasteiger partial charge in [-0.3, -0.25) is 9.59 Å². The number of benzene rings is 1. The van der Waals surface area contributed by atoms with Crippen LogP contribution in [0.1, 0.15) is 18.2 Å². The summed E-state index contributed by atoms with van der Waals surface area (Å²) in [6.45, 7) is 1.47. The van der Waals surface area contributed by atoms with Crippen LogP contribution in [0.25, 0.3) is 0 Å². The Morgan fingerprint density at radius 1 is 1.29 bits per heavy atom. The molecule has 1 heterocycles. The molecular weight excluding hydrogens is 312 g/mol. The molecule has 0 fully saturated rings. The van der Waals surface area contributed by atoms with E-state index >= 15 is 0 Å². The summed E-state index contributed by atoms with van der Waals surface area (Å²) in [5.74, 6) is -1.98. The van der Waals surface area contributed by atoms with E-state index in [0.717, 1.165) is 11.3 Å². The van der Waals surface area contributed by atoms with Crippen molar-refractivity contribution in [3.05, 3.63) is 54.1 Å². The number of carboxylic acid groups (broad SMARTS) is 2. The Balaban J connectivity index is 0.000000240. The SMILES string of the molecule is C[C@](N)(Cc1cnc[nH]1)C(=O)O.N[C@@H](Cc1ccccc1)C(=O)O. The zero-order valence-corrected chi connectivity index (χ0v) is 13.3. The Kier molecular flexibility index (Phi) is 7.09. The molecule has 0 bridgehead atoms. The Hall–Kier alpha value is -2.71. The van der Waals surface area contributed by atoms with E-state index in [2.05, 4.69) is 9.97 Å². The second-order valence-electron chi connectivity index (χ2n) is 5.61. The van der Waals surface area contributed by atoms with E-state index in [1.165, 1.54) is 13.3 Å². The molecule has 2 atom stereocenters. The largest absolute Gasteiger partial charge is 0.480 e. The number of rotatable bonds is 6. The molecule has 1 aromatic heterocycles. The van der Waals surface area contributed by atoms with Crippen LogP contribution in [0.2, 0.25) is 0 Å². The zero-order chi connectivity index (χ0) is 18.2. The van der Waals surface area contributed by atoms with E-state index in [4.69, 9.17) is 21.7 Å². The minimum Gasteiger partial charge on any atom is -0.480 e. The zero-order valence-electron chi connectivity index (χ0n) is 13.3. The van der Waals surface area contributed by atoms with Crippen molar-refractivity contribution < 1.29 is 19.8 Å². The maximum absolute atomic E-state index is 10.6. The van der Waals surface area contributed by atoms with Crippen molar-refractivity contribution in [2.75, 3.05) is 0 Å². The summed E-state index contributed by atoms with van der Waals surface area (Å²) in [6, 6.07) is 8.54. The number of carbonyl (C=O) groups is 2. The van der Waals surface area contributed by atoms with Crippen molar-refractivity contribution in [1.29, 1.82) is 0 Å². The van der Waals surface area contributed by atoms with Gasteiger partial charge in [-0.1, -0.05) is 30.3 Å². The first-order valence-electron chi connectivity index (χ1n) is 7.24. The lowest BCUT2D eigenvalue weighted by atomic mass is 9.98. The molecule has 1 aromatic carbocycles.